The van der Waals surface area contributed by atoms with Crippen molar-refractivity contribution in [3.63, 3.8) is 0 Å². The maximum atomic E-state index is 8.80. The molecule has 20 heavy (non-hydrogen) atoms. The van der Waals surface area contributed by atoms with E-state index in [-0.39, 0.29) is 0 Å². The molecule has 0 saturated heterocycles. The third-order valence-electron chi connectivity index (χ3n) is 4.09. The molecular formula is C16H22ClN3. The lowest BCUT2D eigenvalue weighted by molar-refractivity contribution is 0.245. The zero-order chi connectivity index (χ0) is 14.4. The molecule has 0 radical (unpaired) electrons. The number of hydrogen-bond acceptors (Lipinski definition) is 3. The molecule has 108 valence electrons. The third-order valence-corrected chi connectivity index (χ3v) is 4.44. The van der Waals surface area contributed by atoms with Gasteiger partial charge in [-0.2, -0.15) is 5.26 Å². The highest BCUT2D eigenvalue weighted by atomic mass is 35.5. The second-order valence-electron chi connectivity index (χ2n) is 5.51. The summed E-state index contributed by atoms with van der Waals surface area (Å²) in [6.45, 7) is 2.78. The number of hydrogen-bond donors (Lipinski definition) is 1. The van der Waals surface area contributed by atoms with Gasteiger partial charge in [0.1, 0.15) is 0 Å². The van der Waals surface area contributed by atoms with E-state index in [2.05, 4.69) is 23.3 Å². The van der Waals surface area contributed by atoms with Crippen LogP contribution in [0, 0.1) is 11.3 Å². The summed E-state index contributed by atoms with van der Waals surface area (Å²) in [5.41, 5.74) is 1.66. The molecular weight excluding hydrogens is 270 g/mol. The van der Waals surface area contributed by atoms with E-state index in [0.717, 1.165) is 31.2 Å². The first kappa shape index (κ1) is 15.3. The van der Waals surface area contributed by atoms with Crippen molar-refractivity contribution in [3.05, 3.63) is 34.3 Å². The van der Waals surface area contributed by atoms with Crippen molar-refractivity contribution in [2.24, 2.45) is 0 Å². The third kappa shape index (κ3) is 4.21. The van der Waals surface area contributed by atoms with Gasteiger partial charge in [-0.25, -0.2) is 0 Å². The smallest absolute Gasteiger partial charge is 0.0992 e. The van der Waals surface area contributed by atoms with E-state index in [9.17, 15) is 0 Å². The lowest BCUT2D eigenvalue weighted by Crippen LogP contribution is -2.35. The standard InChI is InChI=1S/C16H22ClN3/c1-20(15-4-2-3-5-15)9-8-19-12-14-7-6-13(11-18)10-16(14)17/h6-7,10,15,19H,2-5,8-9,12H2,1H3. The molecule has 0 aliphatic heterocycles. The quantitative estimate of drug-likeness (QED) is 0.818. The maximum Gasteiger partial charge on any atom is 0.0992 e. The zero-order valence-electron chi connectivity index (χ0n) is 12.0. The highest BCUT2D eigenvalue weighted by Gasteiger charge is 2.18. The van der Waals surface area contributed by atoms with E-state index >= 15 is 0 Å². The van der Waals surface area contributed by atoms with E-state index in [4.69, 9.17) is 16.9 Å². The number of likely N-dealkylation sites (N-methyl/N-ethyl adjacent to an activating group) is 1. The van der Waals surface area contributed by atoms with Gasteiger partial charge in [0.2, 0.25) is 0 Å². The maximum absolute atomic E-state index is 8.80. The molecule has 1 aromatic rings. The van der Waals surface area contributed by atoms with Crippen molar-refractivity contribution in [2.75, 3.05) is 20.1 Å². The van der Waals surface area contributed by atoms with Crippen LogP contribution in [0.4, 0.5) is 0 Å². The Kier molecular flexibility index (Phi) is 5.85. The van der Waals surface area contributed by atoms with Crippen molar-refractivity contribution in [2.45, 2.75) is 38.3 Å². The molecule has 1 aliphatic rings. The molecule has 1 aromatic carbocycles. The molecule has 1 saturated carbocycles. The minimum Gasteiger partial charge on any atom is -0.311 e. The minimum absolute atomic E-state index is 0.611. The Morgan fingerprint density at radius 3 is 2.80 bits per heavy atom. The average molecular weight is 292 g/mol. The molecule has 3 nitrogen and oxygen atoms in total. The summed E-state index contributed by atoms with van der Waals surface area (Å²) in [7, 11) is 2.21. The summed E-state index contributed by atoms with van der Waals surface area (Å²) in [4.78, 5) is 2.46. The Hall–Kier alpha value is -1.08. The summed E-state index contributed by atoms with van der Waals surface area (Å²) in [5, 5.41) is 12.9. The van der Waals surface area contributed by atoms with Gasteiger partial charge in [-0.1, -0.05) is 30.5 Å². The van der Waals surface area contributed by atoms with Crippen LogP contribution in [0.15, 0.2) is 18.2 Å². The molecule has 0 unspecified atom stereocenters. The monoisotopic (exact) mass is 291 g/mol. The van der Waals surface area contributed by atoms with Gasteiger partial charge < -0.3 is 10.2 Å². The summed E-state index contributed by atoms with van der Waals surface area (Å²) in [6.07, 6.45) is 5.45. The molecule has 0 bridgehead atoms. The molecule has 0 atom stereocenters. The van der Waals surface area contributed by atoms with E-state index in [1.54, 1.807) is 6.07 Å². The fourth-order valence-electron chi connectivity index (χ4n) is 2.77. The van der Waals surface area contributed by atoms with Crippen LogP contribution in [0.25, 0.3) is 0 Å². The highest BCUT2D eigenvalue weighted by molar-refractivity contribution is 6.31. The SMILES string of the molecule is CN(CCNCc1ccc(C#N)cc1Cl)C1CCCC1. The first-order chi connectivity index (χ1) is 9.70. The van der Waals surface area contributed by atoms with Crippen LogP contribution in [-0.4, -0.2) is 31.1 Å². The summed E-state index contributed by atoms with van der Waals surface area (Å²) < 4.78 is 0. The van der Waals surface area contributed by atoms with Crippen molar-refractivity contribution in [1.29, 1.82) is 5.26 Å². The average Bonchev–Trinajstić information content (AvgIpc) is 2.98. The van der Waals surface area contributed by atoms with Crippen LogP contribution in [0.1, 0.15) is 36.8 Å². The van der Waals surface area contributed by atoms with Crippen molar-refractivity contribution >= 4 is 11.6 Å². The van der Waals surface area contributed by atoms with Crippen LogP contribution in [-0.2, 0) is 6.54 Å². The number of nitrogens with zero attached hydrogens (tertiary/aromatic N) is 2. The first-order valence-electron chi connectivity index (χ1n) is 7.30. The molecule has 0 spiro atoms. The molecule has 1 aliphatic carbocycles. The van der Waals surface area contributed by atoms with Gasteiger partial charge in [-0.3, -0.25) is 0 Å². The van der Waals surface area contributed by atoms with Gasteiger partial charge in [0.15, 0.2) is 0 Å². The van der Waals surface area contributed by atoms with E-state index in [0.29, 0.717) is 10.6 Å². The van der Waals surface area contributed by atoms with Gasteiger partial charge >= 0.3 is 0 Å². The molecule has 1 fully saturated rings. The van der Waals surface area contributed by atoms with Gasteiger partial charge in [-0.15, -0.1) is 0 Å². The zero-order valence-corrected chi connectivity index (χ0v) is 12.8. The Morgan fingerprint density at radius 1 is 1.40 bits per heavy atom. The highest BCUT2D eigenvalue weighted by Crippen LogP contribution is 2.22. The van der Waals surface area contributed by atoms with Crippen molar-refractivity contribution in [3.8, 4) is 6.07 Å². The van der Waals surface area contributed by atoms with Crippen molar-refractivity contribution in [1.82, 2.24) is 10.2 Å². The Bertz CT molecular complexity index is 475. The van der Waals surface area contributed by atoms with Crippen molar-refractivity contribution < 1.29 is 0 Å². The Labute approximate surface area is 126 Å². The Balaban J connectivity index is 1.72. The van der Waals surface area contributed by atoms with Gasteiger partial charge in [0, 0.05) is 30.7 Å². The lowest BCUT2D eigenvalue weighted by atomic mass is 10.1. The number of nitrogens with one attached hydrogen (secondary N) is 1. The van der Waals surface area contributed by atoms with Crippen LogP contribution in [0.3, 0.4) is 0 Å². The topological polar surface area (TPSA) is 39.1 Å². The number of benzene rings is 1. The van der Waals surface area contributed by atoms with Gasteiger partial charge in [0.25, 0.3) is 0 Å². The summed E-state index contributed by atoms with van der Waals surface area (Å²) in [5.74, 6) is 0. The second kappa shape index (κ2) is 7.64. The first-order valence-corrected chi connectivity index (χ1v) is 7.68. The molecule has 0 amide bonds. The fourth-order valence-corrected chi connectivity index (χ4v) is 3.01. The predicted octanol–water partition coefficient (Wildman–Crippen LogP) is 3.18. The lowest BCUT2D eigenvalue weighted by Gasteiger charge is -2.24. The van der Waals surface area contributed by atoms with E-state index in [1.165, 1.54) is 25.7 Å². The largest absolute Gasteiger partial charge is 0.311 e. The molecule has 1 N–H and O–H groups in total. The van der Waals surface area contributed by atoms with E-state index < -0.39 is 0 Å². The molecule has 4 heteroatoms. The molecule has 2 rings (SSSR count). The van der Waals surface area contributed by atoms with Crippen LogP contribution in [0.2, 0.25) is 5.02 Å². The van der Waals surface area contributed by atoms with Crippen LogP contribution in [0.5, 0.6) is 0 Å². The van der Waals surface area contributed by atoms with Crippen LogP contribution >= 0.6 is 11.6 Å². The van der Waals surface area contributed by atoms with Crippen LogP contribution < -0.4 is 5.32 Å². The normalized spacial score (nSPS) is 15.7. The van der Waals surface area contributed by atoms with E-state index in [1.807, 2.05) is 12.1 Å². The number of halogens is 1. The Morgan fingerprint density at radius 2 is 2.15 bits per heavy atom. The van der Waals surface area contributed by atoms with Gasteiger partial charge in [-0.05, 0) is 37.6 Å². The fraction of sp³-hybridized carbons (Fsp3) is 0.562. The van der Waals surface area contributed by atoms with Gasteiger partial charge in [0.05, 0.1) is 11.6 Å². The number of rotatable bonds is 6. The summed E-state index contributed by atoms with van der Waals surface area (Å²) in [6, 6.07) is 8.33. The molecule has 0 aromatic heterocycles. The summed E-state index contributed by atoms with van der Waals surface area (Å²) >= 11 is 6.15. The predicted molar refractivity (Wildman–Crippen MR) is 82.8 cm³/mol. The molecule has 0 heterocycles. The minimum atomic E-state index is 0.611. The number of nitriles is 1. The second-order valence-corrected chi connectivity index (χ2v) is 5.92.